The summed E-state index contributed by atoms with van der Waals surface area (Å²) in [6.07, 6.45) is 0.702. The third-order valence-electron chi connectivity index (χ3n) is 5.74. The number of aryl methyl sites for hydroxylation is 2. The molecule has 1 amide bonds. The largest absolute Gasteiger partial charge is 0.339 e. The molecule has 2 saturated heterocycles. The van der Waals surface area contributed by atoms with Crippen LogP contribution in [0.3, 0.4) is 0 Å². The van der Waals surface area contributed by atoms with Crippen molar-refractivity contribution in [3.05, 3.63) is 29.3 Å². The lowest BCUT2D eigenvalue weighted by molar-refractivity contribution is -0.130. The molecule has 1 aromatic heterocycles. The van der Waals surface area contributed by atoms with Crippen LogP contribution in [-0.2, 0) is 14.6 Å². The van der Waals surface area contributed by atoms with Crippen LogP contribution >= 0.6 is 11.8 Å². The Labute approximate surface area is 180 Å². The summed E-state index contributed by atoms with van der Waals surface area (Å²) in [5.74, 6) is 0.845. The molecule has 0 radical (unpaired) electrons. The predicted molar refractivity (Wildman–Crippen MR) is 115 cm³/mol. The lowest BCUT2D eigenvalue weighted by Crippen LogP contribution is -2.52. The highest BCUT2D eigenvalue weighted by Crippen LogP contribution is 2.23. The molecular formula is C19H26N6O3S2. The maximum Gasteiger partial charge on any atom is 0.233 e. The average Bonchev–Trinajstić information content (AvgIpc) is 3.32. The van der Waals surface area contributed by atoms with E-state index in [2.05, 4.69) is 26.5 Å². The van der Waals surface area contributed by atoms with Gasteiger partial charge in [0.05, 0.1) is 22.9 Å². The zero-order valence-electron chi connectivity index (χ0n) is 17.2. The van der Waals surface area contributed by atoms with Gasteiger partial charge in [-0.2, -0.15) is 4.68 Å². The molecule has 3 heterocycles. The topological polar surface area (TPSA) is 101 Å². The van der Waals surface area contributed by atoms with Gasteiger partial charge in [-0.1, -0.05) is 29.5 Å². The van der Waals surface area contributed by atoms with Crippen molar-refractivity contribution < 1.29 is 13.2 Å². The highest BCUT2D eigenvalue weighted by Gasteiger charge is 2.34. The molecule has 2 aromatic rings. The van der Waals surface area contributed by atoms with Crippen molar-refractivity contribution in [1.82, 2.24) is 30.0 Å². The first kappa shape index (κ1) is 21.3. The number of carbonyl (C=O) groups is 1. The summed E-state index contributed by atoms with van der Waals surface area (Å²) >= 11 is 1.33. The molecule has 0 saturated carbocycles. The van der Waals surface area contributed by atoms with E-state index in [1.54, 1.807) is 4.68 Å². The molecule has 2 aliphatic heterocycles. The second-order valence-electron chi connectivity index (χ2n) is 7.93. The van der Waals surface area contributed by atoms with Gasteiger partial charge in [-0.05, 0) is 42.3 Å². The molecule has 1 atom stereocenters. The number of carbonyl (C=O) groups excluding carboxylic acids is 1. The molecule has 0 N–H and O–H groups in total. The third-order valence-corrected chi connectivity index (χ3v) is 8.39. The van der Waals surface area contributed by atoms with E-state index in [0.717, 1.165) is 24.3 Å². The third kappa shape index (κ3) is 4.68. The Balaban J connectivity index is 1.32. The second-order valence-corrected chi connectivity index (χ2v) is 11.1. The fraction of sp³-hybridized carbons (Fsp3) is 0.579. The molecule has 2 fully saturated rings. The average molecular weight is 451 g/mol. The Morgan fingerprint density at radius 2 is 1.97 bits per heavy atom. The molecule has 1 aromatic carbocycles. The van der Waals surface area contributed by atoms with Crippen LogP contribution in [0.4, 0.5) is 0 Å². The van der Waals surface area contributed by atoms with Crippen molar-refractivity contribution in [3.8, 4) is 5.69 Å². The Kier molecular flexibility index (Phi) is 6.12. The van der Waals surface area contributed by atoms with Gasteiger partial charge < -0.3 is 4.90 Å². The van der Waals surface area contributed by atoms with Crippen molar-refractivity contribution in [2.45, 2.75) is 31.5 Å². The van der Waals surface area contributed by atoms with Gasteiger partial charge in [-0.25, -0.2) is 8.42 Å². The molecule has 162 valence electrons. The van der Waals surface area contributed by atoms with Crippen LogP contribution in [-0.4, -0.2) is 93.8 Å². The van der Waals surface area contributed by atoms with Crippen LogP contribution in [0.25, 0.3) is 5.69 Å². The van der Waals surface area contributed by atoms with Crippen molar-refractivity contribution in [2.24, 2.45) is 0 Å². The minimum Gasteiger partial charge on any atom is -0.339 e. The molecular weight excluding hydrogens is 424 g/mol. The van der Waals surface area contributed by atoms with Gasteiger partial charge in [0.25, 0.3) is 0 Å². The van der Waals surface area contributed by atoms with E-state index in [4.69, 9.17) is 0 Å². The van der Waals surface area contributed by atoms with E-state index in [-0.39, 0.29) is 29.2 Å². The molecule has 4 rings (SSSR count). The quantitative estimate of drug-likeness (QED) is 0.614. The lowest BCUT2D eigenvalue weighted by atomic mass is 10.1. The van der Waals surface area contributed by atoms with Crippen molar-refractivity contribution >= 4 is 27.5 Å². The number of sulfone groups is 1. The molecule has 1 unspecified atom stereocenters. The summed E-state index contributed by atoms with van der Waals surface area (Å²) < 4.78 is 25.1. The number of nitrogens with zero attached hydrogens (tertiary/aromatic N) is 6. The number of rotatable bonds is 5. The SMILES string of the molecule is Cc1ccc(-n2nnnc2SCC(=O)N2CCN(C3CCS(=O)(=O)C3)CC2)c(C)c1. The van der Waals surface area contributed by atoms with Crippen LogP contribution in [0, 0.1) is 13.8 Å². The van der Waals surface area contributed by atoms with Gasteiger partial charge in [-0.15, -0.1) is 5.10 Å². The Morgan fingerprint density at radius 1 is 1.20 bits per heavy atom. The normalized spacial score (nSPS) is 21.8. The van der Waals surface area contributed by atoms with E-state index in [9.17, 15) is 13.2 Å². The number of tetrazole rings is 1. The first-order valence-electron chi connectivity index (χ1n) is 10.0. The Hall–Kier alpha value is -1.98. The number of amides is 1. The zero-order chi connectivity index (χ0) is 21.3. The number of piperazine rings is 1. The molecule has 9 nitrogen and oxygen atoms in total. The highest BCUT2D eigenvalue weighted by atomic mass is 32.2. The molecule has 0 aliphatic carbocycles. The lowest BCUT2D eigenvalue weighted by Gasteiger charge is -2.37. The van der Waals surface area contributed by atoms with Crippen molar-refractivity contribution in [1.29, 1.82) is 0 Å². The van der Waals surface area contributed by atoms with E-state index < -0.39 is 9.84 Å². The van der Waals surface area contributed by atoms with E-state index in [0.29, 0.717) is 24.7 Å². The standard InChI is InChI=1S/C19H26N6O3S2/c1-14-3-4-17(15(2)11-14)25-19(20-21-22-25)29-12-18(26)24-8-6-23(7-9-24)16-5-10-30(27,28)13-16/h3-4,11,16H,5-10,12-13H2,1-2H3. The highest BCUT2D eigenvalue weighted by molar-refractivity contribution is 7.99. The van der Waals surface area contributed by atoms with Crippen LogP contribution in [0.15, 0.2) is 23.4 Å². The van der Waals surface area contributed by atoms with Gasteiger partial charge >= 0.3 is 0 Å². The maximum absolute atomic E-state index is 12.7. The van der Waals surface area contributed by atoms with Crippen LogP contribution in [0.2, 0.25) is 0 Å². The Bertz CT molecular complexity index is 1030. The minimum atomic E-state index is -2.89. The summed E-state index contributed by atoms with van der Waals surface area (Å²) in [6.45, 7) is 6.73. The van der Waals surface area contributed by atoms with Gasteiger partial charge in [0.2, 0.25) is 11.1 Å². The van der Waals surface area contributed by atoms with Gasteiger partial charge in [0.15, 0.2) is 9.84 Å². The van der Waals surface area contributed by atoms with E-state index in [1.807, 2.05) is 30.9 Å². The van der Waals surface area contributed by atoms with Crippen molar-refractivity contribution in [3.63, 3.8) is 0 Å². The molecule has 0 bridgehead atoms. The summed E-state index contributed by atoms with van der Waals surface area (Å²) in [4.78, 5) is 16.8. The molecule has 0 spiro atoms. The van der Waals surface area contributed by atoms with Gasteiger partial charge in [0.1, 0.15) is 0 Å². The van der Waals surface area contributed by atoms with E-state index >= 15 is 0 Å². The van der Waals surface area contributed by atoms with Crippen molar-refractivity contribution in [2.75, 3.05) is 43.4 Å². The minimum absolute atomic E-state index is 0.0499. The number of hydrogen-bond donors (Lipinski definition) is 0. The first-order chi connectivity index (χ1) is 14.3. The maximum atomic E-state index is 12.7. The van der Waals surface area contributed by atoms with Gasteiger partial charge in [-0.3, -0.25) is 9.69 Å². The first-order valence-corrected chi connectivity index (χ1v) is 12.8. The predicted octanol–water partition coefficient (Wildman–Crippen LogP) is 0.703. The van der Waals surface area contributed by atoms with E-state index in [1.165, 1.54) is 17.3 Å². The van der Waals surface area contributed by atoms with Crippen LogP contribution < -0.4 is 0 Å². The smallest absolute Gasteiger partial charge is 0.233 e. The monoisotopic (exact) mass is 450 g/mol. The summed E-state index contributed by atoms with van der Waals surface area (Å²) in [5.41, 5.74) is 3.14. The number of aromatic nitrogens is 4. The summed E-state index contributed by atoms with van der Waals surface area (Å²) in [7, 11) is -2.89. The fourth-order valence-corrected chi connectivity index (χ4v) is 6.63. The van der Waals surface area contributed by atoms with Crippen LogP contribution in [0.1, 0.15) is 17.5 Å². The zero-order valence-corrected chi connectivity index (χ0v) is 18.8. The molecule has 11 heteroatoms. The molecule has 30 heavy (non-hydrogen) atoms. The number of benzene rings is 1. The number of hydrogen-bond acceptors (Lipinski definition) is 8. The second kappa shape index (κ2) is 8.64. The molecule has 2 aliphatic rings. The van der Waals surface area contributed by atoms with Crippen LogP contribution in [0.5, 0.6) is 0 Å². The Morgan fingerprint density at radius 3 is 2.63 bits per heavy atom. The van der Waals surface area contributed by atoms with Gasteiger partial charge in [0, 0.05) is 32.2 Å². The summed E-state index contributed by atoms with van der Waals surface area (Å²) in [6, 6.07) is 6.17. The fourth-order valence-electron chi connectivity index (χ4n) is 4.08. The number of thioether (sulfide) groups is 1. The summed E-state index contributed by atoms with van der Waals surface area (Å²) in [5, 5.41) is 12.5.